The van der Waals surface area contributed by atoms with Gasteiger partial charge in [-0.25, -0.2) is 4.79 Å². The number of hydrogen-bond acceptors (Lipinski definition) is 5. The fraction of sp³-hybridized carbons (Fsp3) is 0.364. The van der Waals surface area contributed by atoms with Crippen LogP contribution >= 0.6 is 0 Å². The van der Waals surface area contributed by atoms with Gasteiger partial charge in [-0.2, -0.15) is 0 Å². The summed E-state index contributed by atoms with van der Waals surface area (Å²) in [5.74, 6) is -0.579. The predicted octanol–water partition coefficient (Wildman–Crippen LogP) is 2.54. The standard InChI is InChI=1S/C22H27N3O3/c1-17-6-5-7-18(14-17)15-24-10-12-25(13-11-24)16-21(26)23-20-9-4-3-8-19(20)22(27)28-2/h3-9,14H,10-13,15-16H2,1-2H3,(H,23,26). The van der Waals surface area contributed by atoms with Gasteiger partial charge in [0.1, 0.15) is 0 Å². The van der Waals surface area contributed by atoms with E-state index < -0.39 is 5.97 Å². The molecule has 2 aromatic rings. The zero-order valence-corrected chi connectivity index (χ0v) is 16.5. The van der Waals surface area contributed by atoms with E-state index in [-0.39, 0.29) is 5.91 Å². The van der Waals surface area contributed by atoms with Gasteiger partial charge < -0.3 is 10.1 Å². The Bertz CT molecular complexity index is 829. The highest BCUT2D eigenvalue weighted by Gasteiger charge is 2.20. The Morgan fingerprint density at radius 3 is 2.43 bits per heavy atom. The summed E-state index contributed by atoms with van der Waals surface area (Å²) in [5.41, 5.74) is 3.45. The van der Waals surface area contributed by atoms with E-state index in [0.29, 0.717) is 17.8 Å². The van der Waals surface area contributed by atoms with Crippen LogP contribution in [0.15, 0.2) is 48.5 Å². The molecule has 1 N–H and O–H groups in total. The van der Waals surface area contributed by atoms with Gasteiger partial charge in [0.2, 0.25) is 5.91 Å². The van der Waals surface area contributed by atoms with Gasteiger partial charge in [0, 0.05) is 32.7 Å². The Morgan fingerprint density at radius 1 is 1.00 bits per heavy atom. The molecular formula is C22H27N3O3. The van der Waals surface area contributed by atoms with Crippen LogP contribution in [0.25, 0.3) is 0 Å². The molecule has 2 aromatic carbocycles. The third-order valence-corrected chi connectivity index (χ3v) is 4.93. The van der Waals surface area contributed by atoms with E-state index in [1.54, 1.807) is 24.3 Å². The number of rotatable bonds is 6. The Morgan fingerprint density at radius 2 is 1.71 bits per heavy atom. The molecule has 0 radical (unpaired) electrons. The number of hydrogen-bond donors (Lipinski definition) is 1. The first-order valence-electron chi connectivity index (χ1n) is 9.52. The van der Waals surface area contributed by atoms with Gasteiger partial charge in [-0.05, 0) is 24.6 Å². The minimum atomic E-state index is -0.458. The Hall–Kier alpha value is -2.70. The number of carbonyl (C=O) groups is 2. The van der Waals surface area contributed by atoms with E-state index in [2.05, 4.69) is 46.3 Å². The maximum Gasteiger partial charge on any atom is 0.339 e. The second-order valence-electron chi connectivity index (χ2n) is 7.13. The van der Waals surface area contributed by atoms with E-state index in [0.717, 1.165) is 32.7 Å². The van der Waals surface area contributed by atoms with Crippen molar-refractivity contribution in [2.24, 2.45) is 0 Å². The third-order valence-electron chi connectivity index (χ3n) is 4.93. The first kappa shape index (κ1) is 20.0. The van der Waals surface area contributed by atoms with E-state index in [1.807, 2.05) is 0 Å². The molecule has 1 saturated heterocycles. The lowest BCUT2D eigenvalue weighted by Gasteiger charge is -2.34. The minimum Gasteiger partial charge on any atom is -0.465 e. The molecule has 0 aromatic heterocycles. The normalized spacial score (nSPS) is 15.2. The van der Waals surface area contributed by atoms with Gasteiger partial charge >= 0.3 is 5.97 Å². The zero-order chi connectivity index (χ0) is 19.9. The molecule has 0 saturated carbocycles. The molecule has 0 aliphatic carbocycles. The molecule has 28 heavy (non-hydrogen) atoms. The highest BCUT2D eigenvalue weighted by molar-refractivity contribution is 6.01. The molecule has 6 heteroatoms. The van der Waals surface area contributed by atoms with Crippen LogP contribution in [0.2, 0.25) is 0 Å². The number of methoxy groups -OCH3 is 1. The number of esters is 1. The Balaban J connectivity index is 1.48. The second kappa shape index (κ2) is 9.48. The maximum atomic E-state index is 12.4. The summed E-state index contributed by atoms with van der Waals surface area (Å²) in [6.07, 6.45) is 0. The van der Waals surface area contributed by atoms with Crippen molar-refractivity contribution in [2.75, 3.05) is 45.2 Å². The summed E-state index contributed by atoms with van der Waals surface area (Å²) >= 11 is 0. The van der Waals surface area contributed by atoms with E-state index in [4.69, 9.17) is 4.74 Å². The number of aryl methyl sites for hydroxylation is 1. The molecule has 0 spiro atoms. The third kappa shape index (κ3) is 5.41. The fourth-order valence-corrected chi connectivity index (χ4v) is 3.45. The zero-order valence-electron chi connectivity index (χ0n) is 16.5. The molecular weight excluding hydrogens is 354 g/mol. The lowest BCUT2D eigenvalue weighted by molar-refractivity contribution is -0.117. The first-order chi connectivity index (χ1) is 13.5. The highest BCUT2D eigenvalue weighted by atomic mass is 16.5. The van der Waals surface area contributed by atoms with Crippen LogP contribution in [0.5, 0.6) is 0 Å². The molecule has 6 nitrogen and oxygen atoms in total. The van der Waals surface area contributed by atoms with Gasteiger partial charge in [0.15, 0.2) is 0 Å². The largest absolute Gasteiger partial charge is 0.465 e. The van der Waals surface area contributed by atoms with Crippen molar-refractivity contribution in [1.29, 1.82) is 0 Å². The number of amides is 1. The molecule has 1 heterocycles. The van der Waals surface area contributed by atoms with Gasteiger partial charge in [-0.1, -0.05) is 42.0 Å². The number of nitrogens with one attached hydrogen (secondary N) is 1. The van der Waals surface area contributed by atoms with Crippen molar-refractivity contribution >= 4 is 17.6 Å². The van der Waals surface area contributed by atoms with Crippen LogP contribution in [0, 0.1) is 6.92 Å². The summed E-state index contributed by atoms with van der Waals surface area (Å²) in [7, 11) is 1.33. The smallest absolute Gasteiger partial charge is 0.339 e. The van der Waals surface area contributed by atoms with Gasteiger partial charge in [0.25, 0.3) is 0 Å². The Labute approximate surface area is 166 Å². The fourth-order valence-electron chi connectivity index (χ4n) is 3.45. The topological polar surface area (TPSA) is 61.9 Å². The Kier molecular flexibility index (Phi) is 6.79. The van der Waals surface area contributed by atoms with Crippen LogP contribution in [-0.4, -0.2) is 61.5 Å². The molecule has 0 unspecified atom stereocenters. The first-order valence-corrected chi connectivity index (χ1v) is 9.52. The number of ether oxygens (including phenoxy) is 1. The molecule has 1 aliphatic rings. The van der Waals surface area contributed by atoms with Gasteiger partial charge in [-0.15, -0.1) is 0 Å². The van der Waals surface area contributed by atoms with Crippen LogP contribution < -0.4 is 5.32 Å². The predicted molar refractivity (Wildman–Crippen MR) is 109 cm³/mol. The van der Waals surface area contributed by atoms with Crippen molar-refractivity contribution in [3.05, 3.63) is 65.2 Å². The number of carbonyl (C=O) groups excluding carboxylic acids is 2. The average Bonchev–Trinajstić information content (AvgIpc) is 2.69. The van der Waals surface area contributed by atoms with Crippen molar-refractivity contribution in [1.82, 2.24) is 9.80 Å². The summed E-state index contributed by atoms with van der Waals surface area (Å²) in [6, 6.07) is 15.5. The summed E-state index contributed by atoms with van der Waals surface area (Å²) < 4.78 is 4.77. The SMILES string of the molecule is COC(=O)c1ccccc1NC(=O)CN1CCN(Cc2cccc(C)c2)CC1. The van der Waals surface area contributed by atoms with Crippen LogP contribution in [0.4, 0.5) is 5.69 Å². The van der Waals surface area contributed by atoms with Crippen molar-refractivity contribution < 1.29 is 14.3 Å². The number of piperazine rings is 1. The molecule has 0 bridgehead atoms. The van der Waals surface area contributed by atoms with Crippen LogP contribution in [0.3, 0.4) is 0 Å². The van der Waals surface area contributed by atoms with Crippen molar-refractivity contribution in [3.8, 4) is 0 Å². The summed E-state index contributed by atoms with van der Waals surface area (Å²) in [6.45, 7) is 6.91. The molecule has 1 amide bonds. The summed E-state index contributed by atoms with van der Waals surface area (Å²) in [5, 5.41) is 2.84. The number of benzene rings is 2. The number of anilines is 1. The molecule has 0 atom stereocenters. The average molecular weight is 381 g/mol. The van der Waals surface area contributed by atoms with Gasteiger partial charge in [-0.3, -0.25) is 14.6 Å². The van der Waals surface area contributed by atoms with Crippen molar-refractivity contribution in [2.45, 2.75) is 13.5 Å². The van der Waals surface area contributed by atoms with E-state index in [1.165, 1.54) is 18.2 Å². The lowest BCUT2D eigenvalue weighted by atomic mass is 10.1. The van der Waals surface area contributed by atoms with E-state index in [9.17, 15) is 9.59 Å². The lowest BCUT2D eigenvalue weighted by Crippen LogP contribution is -2.48. The van der Waals surface area contributed by atoms with Crippen LogP contribution in [0.1, 0.15) is 21.5 Å². The van der Waals surface area contributed by atoms with Crippen LogP contribution in [-0.2, 0) is 16.1 Å². The monoisotopic (exact) mass is 381 g/mol. The summed E-state index contributed by atoms with van der Waals surface area (Å²) in [4.78, 5) is 28.8. The molecule has 1 fully saturated rings. The number of para-hydroxylation sites is 1. The number of nitrogens with zero attached hydrogens (tertiary/aromatic N) is 2. The van der Waals surface area contributed by atoms with Crippen molar-refractivity contribution in [3.63, 3.8) is 0 Å². The van der Waals surface area contributed by atoms with Gasteiger partial charge in [0.05, 0.1) is 24.9 Å². The highest BCUT2D eigenvalue weighted by Crippen LogP contribution is 2.16. The molecule has 3 rings (SSSR count). The maximum absolute atomic E-state index is 12.4. The molecule has 148 valence electrons. The minimum absolute atomic E-state index is 0.122. The quantitative estimate of drug-likeness (QED) is 0.779. The molecule has 1 aliphatic heterocycles. The van der Waals surface area contributed by atoms with E-state index >= 15 is 0 Å². The second-order valence-corrected chi connectivity index (χ2v) is 7.13.